The van der Waals surface area contributed by atoms with Crippen molar-refractivity contribution in [2.75, 3.05) is 11.9 Å². The number of carbonyl (C=O) groups is 2. The van der Waals surface area contributed by atoms with E-state index < -0.39 is 30.0 Å². The van der Waals surface area contributed by atoms with Gasteiger partial charge in [-0.05, 0) is 25.1 Å². The molecular formula is C18H16F4N6O2. The average molecular weight is 424 g/mol. The highest BCUT2D eigenvalue weighted by Gasteiger charge is 2.38. The lowest BCUT2D eigenvalue weighted by molar-refractivity contribution is -0.149. The SMILES string of the molecule is C[C@H](NC(=O)c1ncn2c1CN(C(=O)Nc1ccc(F)c(C#N)c1)CC2)C(F)(F)F. The van der Waals surface area contributed by atoms with E-state index in [1.54, 1.807) is 10.6 Å². The van der Waals surface area contributed by atoms with E-state index in [4.69, 9.17) is 5.26 Å². The van der Waals surface area contributed by atoms with Gasteiger partial charge < -0.3 is 20.1 Å². The second-order valence-electron chi connectivity index (χ2n) is 6.63. The molecule has 3 rings (SSSR count). The van der Waals surface area contributed by atoms with E-state index >= 15 is 0 Å². The number of carbonyl (C=O) groups excluding carboxylic acids is 2. The summed E-state index contributed by atoms with van der Waals surface area (Å²) in [5.74, 6) is -1.71. The molecule has 1 aromatic heterocycles. The molecule has 8 nitrogen and oxygen atoms in total. The van der Waals surface area contributed by atoms with Crippen molar-refractivity contribution in [1.82, 2.24) is 19.8 Å². The lowest BCUT2D eigenvalue weighted by atomic mass is 10.2. The molecule has 0 aliphatic carbocycles. The third-order valence-corrected chi connectivity index (χ3v) is 4.58. The zero-order valence-corrected chi connectivity index (χ0v) is 15.6. The first kappa shape index (κ1) is 21.1. The lowest BCUT2D eigenvalue weighted by Crippen LogP contribution is -2.44. The molecule has 2 aromatic rings. The molecule has 1 aliphatic heterocycles. The van der Waals surface area contributed by atoms with Crippen LogP contribution in [0.25, 0.3) is 0 Å². The standard InChI is InChI=1S/C18H16F4N6O2/c1-10(18(20,21)22)25-16(29)15-14-8-27(4-5-28(14)9-24-15)17(30)26-12-2-3-13(19)11(6-12)7-23/h2-3,6,9-10H,4-5,8H2,1H3,(H,25,29)(H,26,30)/t10-/m0/s1. The Hall–Kier alpha value is -3.62. The van der Waals surface area contributed by atoms with Crippen molar-refractivity contribution in [3.05, 3.63) is 47.3 Å². The number of hydrogen-bond acceptors (Lipinski definition) is 4. The molecule has 0 saturated heterocycles. The predicted molar refractivity (Wildman–Crippen MR) is 95.8 cm³/mol. The molecule has 0 unspecified atom stereocenters. The molecular weight excluding hydrogens is 408 g/mol. The Morgan fingerprint density at radius 1 is 1.30 bits per heavy atom. The van der Waals surface area contributed by atoms with Crippen LogP contribution >= 0.6 is 0 Å². The second-order valence-corrected chi connectivity index (χ2v) is 6.63. The number of hydrogen-bond donors (Lipinski definition) is 2. The Balaban J connectivity index is 1.72. The van der Waals surface area contributed by atoms with Crippen LogP contribution in [0.2, 0.25) is 0 Å². The molecule has 158 valence electrons. The minimum atomic E-state index is -4.60. The van der Waals surface area contributed by atoms with Gasteiger partial charge in [0, 0.05) is 18.8 Å². The number of anilines is 1. The maximum atomic E-state index is 13.4. The zero-order chi connectivity index (χ0) is 22.1. The van der Waals surface area contributed by atoms with E-state index in [9.17, 15) is 27.2 Å². The first-order valence-electron chi connectivity index (χ1n) is 8.77. The molecule has 30 heavy (non-hydrogen) atoms. The van der Waals surface area contributed by atoms with Crippen LogP contribution in [0.15, 0.2) is 24.5 Å². The topological polar surface area (TPSA) is 103 Å². The Bertz CT molecular complexity index is 1030. The van der Waals surface area contributed by atoms with Crippen molar-refractivity contribution >= 4 is 17.6 Å². The summed E-state index contributed by atoms with van der Waals surface area (Å²) < 4.78 is 53.1. The number of imidazole rings is 1. The zero-order valence-electron chi connectivity index (χ0n) is 15.6. The molecule has 0 fully saturated rings. The summed E-state index contributed by atoms with van der Waals surface area (Å²) in [7, 11) is 0. The summed E-state index contributed by atoms with van der Waals surface area (Å²) in [6.07, 6.45) is -3.27. The van der Waals surface area contributed by atoms with E-state index in [1.807, 2.05) is 5.32 Å². The molecule has 1 atom stereocenters. The van der Waals surface area contributed by atoms with E-state index in [1.165, 1.54) is 23.4 Å². The van der Waals surface area contributed by atoms with Gasteiger partial charge in [-0.1, -0.05) is 0 Å². The summed E-state index contributed by atoms with van der Waals surface area (Å²) >= 11 is 0. The van der Waals surface area contributed by atoms with Gasteiger partial charge in [0.05, 0.1) is 24.1 Å². The highest BCUT2D eigenvalue weighted by atomic mass is 19.4. The Labute approximate surface area is 168 Å². The Morgan fingerprint density at radius 2 is 2.03 bits per heavy atom. The number of rotatable bonds is 3. The van der Waals surface area contributed by atoms with Crippen LogP contribution in [0.1, 0.15) is 28.7 Å². The molecule has 2 N–H and O–H groups in total. The summed E-state index contributed by atoms with van der Waals surface area (Å²) in [5, 5.41) is 13.3. The summed E-state index contributed by atoms with van der Waals surface area (Å²) in [5.41, 5.74) is 0.0634. The first-order valence-corrected chi connectivity index (χ1v) is 8.77. The van der Waals surface area contributed by atoms with Crippen molar-refractivity contribution in [1.29, 1.82) is 5.26 Å². The lowest BCUT2D eigenvalue weighted by Gasteiger charge is -2.29. The number of nitrogens with zero attached hydrogens (tertiary/aromatic N) is 4. The van der Waals surface area contributed by atoms with Crippen LogP contribution in [0.3, 0.4) is 0 Å². The van der Waals surface area contributed by atoms with Crippen molar-refractivity contribution < 1.29 is 27.2 Å². The number of nitrogens with one attached hydrogen (secondary N) is 2. The Morgan fingerprint density at radius 3 is 2.70 bits per heavy atom. The molecule has 0 saturated carbocycles. The summed E-state index contributed by atoms with van der Waals surface area (Å²) in [6, 6.07) is 2.55. The van der Waals surface area contributed by atoms with E-state index in [-0.39, 0.29) is 36.6 Å². The third-order valence-electron chi connectivity index (χ3n) is 4.58. The fraction of sp³-hybridized carbons (Fsp3) is 0.333. The maximum Gasteiger partial charge on any atom is 0.408 e. The fourth-order valence-electron chi connectivity index (χ4n) is 2.86. The quantitative estimate of drug-likeness (QED) is 0.740. The van der Waals surface area contributed by atoms with E-state index in [0.29, 0.717) is 5.69 Å². The number of benzene rings is 1. The van der Waals surface area contributed by atoms with Crippen molar-refractivity contribution in [3.8, 4) is 6.07 Å². The van der Waals surface area contributed by atoms with Gasteiger partial charge in [-0.2, -0.15) is 18.4 Å². The highest BCUT2D eigenvalue weighted by molar-refractivity contribution is 5.94. The largest absolute Gasteiger partial charge is 0.408 e. The maximum absolute atomic E-state index is 13.4. The van der Waals surface area contributed by atoms with Crippen LogP contribution in [-0.4, -0.2) is 45.2 Å². The van der Waals surface area contributed by atoms with Gasteiger partial charge in [0.25, 0.3) is 5.91 Å². The smallest absolute Gasteiger partial charge is 0.339 e. The minimum Gasteiger partial charge on any atom is -0.339 e. The average Bonchev–Trinajstić information content (AvgIpc) is 3.11. The van der Waals surface area contributed by atoms with E-state index in [0.717, 1.165) is 13.0 Å². The molecule has 3 amide bonds. The number of urea groups is 1. The predicted octanol–water partition coefficient (Wildman–Crippen LogP) is 2.62. The molecule has 1 aliphatic rings. The number of fused-ring (bicyclic) bond motifs is 1. The molecule has 1 aromatic carbocycles. The van der Waals surface area contributed by atoms with Gasteiger partial charge in [-0.15, -0.1) is 0 Å². The molecule has 0 bridgehead atoms. The van der Waals surface area contributed by atoms with Crippen molar-refractivity contribution in [2.24, 2.45) is 0 Å². The number of nitriles is 1. The van der Waals surface area contributed by atoms with Crippen molar-refractivity contribution in [2.45, 2.75) is 32.2 Å². The van der Waals surface area contributed by atoms with E-state index in [2.05, 4.69) is 10.3 Å². The molecule has 2 heterocycles. The van der Waals surface area contributed by atoms with Gasteiger partial charge in [-0.3, -0.25) is 4.79 Å². The van der Waals surface area contributed by atoms with Gasteiger partial charge in [0.1, 0.15) is 17.9 Å². The van der Waals surface area contributed by atoms with Gasteiger partial charge in [0.2, 0.25) is 0 Å². The number of alkyl halides is 3. The van der Waals surface area contributed by atoms with Crippen LogP contribution in [0, 0.1) is 17.1 Å². The molecule has 12 heteroatoms. The van der Waals surface area contributed by atoms with Gasteiger partial charge in [-0.25, -0.2) is 14.2 Å². The molecule has 0 spiro atoms. The number of amides is 3. The number of aromatic nitrogens is 2. The van der Waals surface area contributed by atoms with Crippen LogP contribution < -0.4 is 10.6 Å². The van der Waals surface area contributed by atoms with Gasteiger partial charge >= 0.3 is 12.2 Å². The van der Waals surface area contributed by atoms with Crippen LogP contribution in [0.4, 0.5) is 28.0 Å². The molecule has 0 radical (unpaired) electrons. The van der Waals surface area contributed by atoms with Gasteiger partial charge in [0.15, 0.2) is 5.69 Å². The van der Waals surface area contributed by atoms with Crippen LogP contribution in [0.5, 0.6) is 0 Å². The monoisotopic (exact) mass is 424 g/mol. The summed E-state index contributed by atoms with van der Waals surface area (Å²) in [4.78, 5) is 30.0. The third kappa shape index (κ3) is 4.35. The first-order chi connectivity index (χ1) is 14.1. The normalized spacial score (nSPS) is 14.5. The summed E-state index contributed by atoms with van der Waals surface area (Å²) in [6.45, 7) is 1.28. The second kappa shape index (κ2) is 8.02. The van der Waals surface area contributed by atoms with Crippen molar-refractivity contribution in [3.63, 3.8) is 0 Å². The fourth-order valence-corrected chi connectivity index (χ4v) is 2.86. The van der Waals surface area contributed by atoms with Crippen LogP contribution in [-0.2, 0) is 13.1 Å². The number of halogens is 4. The highest BCUT2D eigenvalue weighted by Crippen LogP contribution is 2.22. The Kier molecular flexibility index (Phi) is 5.64. The minimum absolute atomic E-state index is 0.0682.